The minimum atomic E-state index is -0.727. The van der Waals surface area contributed by atoms with E-state index < -0.39 is 5.54 Å². The number of hydrogen-bond acceptors (Lipinski definition) is 5. The molecule has 220 valence electrons. The maximum Gasteiger partial charge on any atom is 0.324 e. The molecule has 0 atom stereocenters. The summed E-state index contributed by atoms with van der Waals surface area (Å²) < 4.78 is 1.02. The van der Waals surface area contributed by atoms with Gasteiger partial charge >= 0.3 is 6.03 Å². The molecule has 0 saturated carbocycles. The molecule has 1 aliphatic rings. The van der Waals surface area contributed by atoms with Crippen LogP contribution in [0, 0.1) is 0 Å². The summed E-state index contributed by atoms with van der Waals surface area (Å²) in [6.07, 6.45) is 1.63. The first-order chi connectivity index (χ1) is 20.4. The highest BCUT2D eigenvalue weighted by Crippen LogP contribution is 2.40. The maximum atomic E-state index is 14.3. The van der Waals surface area contributed by atoms with Gasteiger partial charge in [0, 0.05) is 45.2 Å². The number of nitrogens with zero attached hydrogens (tertiary/aromatic N) is 4. The number of para-hydroxylation sites is 1. The molecular formula is C34H41N5O2S. The van der Waals surface area contributed by atoms with E-state index in [9.17, 15) is 9.59 Å². The summed E-state index contributed by atoms with van der Waals surface area (Å²) in [5.74, 6) is 0.159. The Kier molecular flexibility index (Phi) is 9.55. The van der Waals surface area contributed by atoms with Crippen molar-refractivity contribution in [1.82, 2.24) is 19.7 Å². The zero-order chi connectivity index (χ0) is 29.5. The highest BCUT2D eigenvalue weighted by atomic mass is 32.1. The molecule has 1 saturated heterocycles. The Hall–Kier alpha value is -3.75. The molecule has 0 bridgehead atoms. The van der Waals surface area contributed by atoms with Crippen LogP contribution in [0.4, 0.5) is 9.93 Å². The van der Waals surface area contributed by atoms with E-state index in [1.54, 1.807) is 0 Å². The topological polar surface area (TPSA) is 68.8 Å². The molecular weight excluding hydrogens is 542 g/mol. The third kappa shape index (κ3) is 6.35. The Labute approximate surface area is 253 Å². The van der Waals surface area contributed by atoms with E-state index in [2.05, 4.69) is 60.2 Å². The summed E-state index contributed by atoms with van der Waals surface area (Å²) in [6.45, 7) is 10.3. The lowest BCUT2D eigenvalue weighted by molar-refractivity contribution is -0.133. The van der Waals surface area contributed by atoms with Crippen LogP contribution in [0.5, 0.6) is 0 Å². The van der Waals surface area contributed by atoms with Crippen molar-refractivity contribution in [2.75, 3.05) is 38.0 Å². The number of nitrogens with one attached hydrogen (secondary N) is 1. The van der Waals surface area contributed by atoms with Crippen molar-refractivity contribution in [2.45, 2.75) is 51.6 Å². The van der Waals surface area contributed by atoms with Crippen LogP contribution >= 0.6 is 11.3 Å². The predicted molar refractivity (Wildman–Crippen MR) is 172 cm³/mol. The van der Waals surface area contributed by atoms with Crippen molar-refractivity contribution in [1.29, 1.82) is 0 Å². The first-order valence-electron chi connectivity index (χ1n) is 15.0. The fraction of sp³-hybridized carbons (Fsp3) is 0.382. The molecule has 0 spiro atoms. The Balaban J connectivity index is 1.43. The second kappa shape index (κ2) is 13.5. The van der Waals surface area contributed by atoms with Gasteiger partial charge in [-0.05, 0) is 49.9 Å². The maximum absolute atomic E-state index is 14.3. The van der Waals surface area contributed by atoms with Crippen LogP contribution in [0.15, 0.2) is 84.9 Å². The van der Waals surface area contributed by atoms with Crippen molar-refractivity contribution >= 4 is 38.6 Å². The molecule has 1 aromatic heterocycles. The fourth-order valence-electron chi connectivity index (χ4n) is 6.09. The largest absolute Gasteiger partial charge is 0.340 e. The number of thiazole rings is 1. The van der Waals surface area contributed by atoms with Gasteiger partial charge in [0.1, 0.15) is 0 Å². The molecule has 1 aliphatic heterocycles. The van der Waals surface area contributed by atoms with E-state index in [1.165, 1.54) is 11.3 Å². The molecule has 0 unspecified atom stereocenters. The first-order valence-corrected chi connectivity index (χ1v) is 15.8. The molecule has 2 heterocycles. The molecule has 8 heteroatoms. The summed E-state index contributed by atoms with van der Waals surface area (Å²) in [5, 5.41) is 3.69. The number of anilines is 1. The van der Waals surface area contributed by atoms with Gasteiger partial charge in [-0.15, -0.1) is 0 Å². The average molecular weight is 584 g/mol. The normalized spacial score (nSPS) is 14.3. The van der Waals surface area contributed by atoms with Crippen LogP contribution < -0.4 is 5.32 Å². The smallest absolute Gasteiger partial charge is 0.324 e. The minimum absolute atomic E-state index is 0.159. The molecule has 3 amide bonds. The fourth-order valence-corrected chi connectivity index (χ4v) is 6.95. The van der Waals surface area contributed by atoms with Crippen LogP contribution in [-0.2, 0) is 10.3 Å². The zero-order valence-corrected chi connectivity index (χ0v) is 25.6. The quantitative estimate of drug-likeness (QED) is 0.223. The van der Waals surface area contributed by atoms with Gasteiger partial charge in [0.25, 0.3) is 0 Å². The van der Waals surface area contributed by atoms with Gasteiger partial charge in [-0.1, -0.05) is 91.1 Å². The molecule has 42 heavy (non-hydrogen) atoms. The molecule has 0 radical (unpaired) electrons. The summed E-state index contributed by atoms with van der Waals surface area (Å²) in [7, 11) is 0. The molecule has 1 N–H and O–H groups in total. The van der Waals surface area contributed by atoms with Crippen molar-refractivity contribution in [3.8, 4) is 0 Å². The number of urea groups is 1. The van der Waals surface area contributed by atoms with Gasteiger partial charge in [0.2, 0.25) is 5.91 Å². The van der Waals surface area contributed by atoms with Gasteiger partial charge in [-0.3, -0.25) is 15.0 Å². The Morgan fingerprint density at radius 3 is 2.07 bits per heavy atom. The molecule has 7 nitrogen and oxygen atoms in total. The number of carbonyl (C=O) groups excluding carboxylic acids is 2. The molecule has 1 fully saturated rings. The van der Waals surface area contributed by atoms with E-state index in [0.717, 1.165) is 47.5 Å². The van der Waals surface area contributed by atoms with E-state index in [-0.39, 0.29) is 11.9 Å². The van der Waals surface area contributed by atoms with Gasteiger partial charge in [0.15, 0.2) is 5.13 Å². The number of hydrogen-bond donors (Lipinski definition) is 1. The number of benzene rings is 3. The van der Waals surface area contributed by atoms with Gasteiger partial charge < -0.3 is 9.80 Å². The molecule has 3 aromatic carbocycles. The zero-order valence-electron chi connectivity index (χ0n) is 24.8. The highest BCUT2D eigenvalue weighted by Gasteiger charge is 2.41. The van der Waals surface area contributed by atoms with E-state index in [0.29, 0.717) is 37.0 Å². The summed E-state index contributed by atoms with van der Waals surface area (Å²) >= 11 is 1.47. The summed E-state index contributed by atoms with van der Waals surface area (Å²) in [4.78, 5) is 38.5. The Morgan fingerprint density at radius 1 is 0.905 bits per heavy atom. The van der Waals surface area contributed by atoms with Crippen LogP contribution in [0.2, 0.25) is 0 Å². The van der Waals surface area contributed by atoms with Crippen molar-refractivity contribution < 1.29 is 9.59 Å². The standard InChI is InChI=1S/C34H41N5O2S/c1-4-34(27-14-7-5-8-15-27,28-16-9-6-10-17-28)39(33(41)36-32-35-29-18-11-12-19-30(29)42-32)21-13-20-31(40)38-24-22-37(23-25-38)26(2)3/h5-12,14-19,26H,4,13,20-25H2,1-3H3,(H,35,36,41). The number of carbonyl (C=O) groups is 2. The highest BCUT2D eigenvalue weighted by molar-refractivity contribution is 7.22. The van der Waals surface area contributed by atoms with Crippen LogP contribution in [0.25, 0.3) is 10.2 Å². The number of amides is 3. The molecule has 5 rings (SSSR count). The Morgan fingerprint density at radius 2 is 1.50 bits per heavy atom. The minimum Gasteiger partial charge on any atom is -0.340 e. The SMILES string of the molecule is CCC(c1ccccc1)(c1ccccc1)N(CCCC(=O)N1CCN(C(C)C)CC1)C(=O)Nc1nc2ccccc2s1. The van der Waals surface area contributed by atoms with Crippen LogP contribution in [-0.4, -0.2) is 70.4 Å². The number of fused-ring (bicyclic) bond motifs is 1. The van der Waals surface area contributed by atoms with Gasteiger partial charge in [-0.25, -0.2) is 9.78 Å². The lowest BCUT2D eigenvalue weighted by atomic mass is 9.79. The van der Waals surface area contributed by atoms with E-state index in [4.69, 9.17) is 0 Å². The lowest BCUT2D eigenvalue weighted by Crippen LogP contribution is -2.52. The second-order valence-electron chi connectivity index (χ2n) is 11.1. The van der Waals surface area contributed by atoms with Crippen molar-refractivity contribution in [3.05, 3.63) is 96.1 Å². The van der Waals surface area contributed by atoms with Crippen molar-refractivity contribution in [3.63, 3.8) is 0 Å². The number of aromatic nitrogens is 1. The monoisotopic (exact) mass is 583 g/mol. The van der Waals surface area contributed by atoms with E-state index in [1.807, 2.05) is 70.5 Å². The summed E-state index contributed by atoms with van der Waals surface area (Å²) in [5.41, 5.74) is 2.21. The predicted octanol–water partition coefficient (Wildman–Crippen LogP) is 6.82. The van der Waals surface area contributed by atoms with Gasteiger partial charge in [-0.2, -0.15) is 0 Å². The molecule has 4 aromatic rings. The third-order valence-corrected chi connectivity index (χ3v) is 9.35. The average Bonchev–Trinajstić information content (AvgIpc) is 3.44. The van der Waals surface area contributed by atoms with Gasteiger partial charge in [0.05, 0.1) is 15.8 Å². The lowest BCUT2D eigenvalue weighted by Gasteiger charge is -2.44. The van der Waals surface area contributed by atoms with Crippen LogP contribution in [0.3, 0.4) is 0 Å². The van der Waals surface area contributed by atoms with Crippen molar-refractivity contribution in [2.24, 2.45) is 0 Å². The molecule has 0 aliphatic carbocycles. The first kappa shape index (κ1) is 29.7. The second-order valence-corrected chi connectivity index (χ2v) is 12.2. The summed E-state index contributed by atoms with van der Waals surface area (Å²) in [6, 6.07) is 28.6. The number of piperazine rings is 1. The van der Waals surface area contributed by atoms with E-state index >= 15 is 0 Å². The third-order valence-electron chi connectivity index (χ3n) is 8.40. The van der Waals surface area contributed by atoms with Crippen LogP contribution in [0.1, 0.15) is 51.2 Å². The number of rotatable bonds is 10. The Bertz CT molecular complexity index is 1390.